The Hall–Kier alpha value is -0.520. The van der Waals surface area contributed by atoms with Gasteiger partial charge in [-0.15, -0.1) is 0 Å². The van der Waals surface area contributed by atoms with Crippen molar-refractivity contribution < 1.29 is 0 Å². The Morgan fingerprint density at radius 1 is 1.29 bits per heavy atom. The normalized spacial score (nSPS) is 41.8. The molecule has 0 N–H and O–H groups in total. The molecule has 0 saturated heterocycles. The summed E-state index contributed by atoms with van der Waals surface area (Å²) in [5, 5.41) is 0. The van der Waals surface area contributed by atoms with Crippen LogP contribution in [0.3, 0.4) is 0 Å². The monoisotopic (exact) mass is 190 g/mol. The van der Waals surface area contributed by atoms with E-state index in [1.807, 2.05) is 0 Å². The highest BCUT2D eigenvalue weighted by molar-refractivity contribution is 5.24. The number of rotatable bonds is 1. The molecule has 14 heavy (non-hydrogen) atoms. The summed E-state index contributed by atoms with van der Waals surface area (Å²) in [7, 11) is 0. The molecule has 2 aliphatic rings. The SMILES string of the molecule is CCC1CC2=CC=CCC2C(C)C1C. The molecule has 0 nitrogen and oxygen atoms in total. The number of hydrogen-bond donors (Lipinski definition) is 0. The van der Waals surface area contributed by atoms with Crippen LogP contribution in [0.4, 0.5) is 0 Å². The predicted octanol–water partition coefficient (Wildman–Crippen LogP) is 4.19. The molecule has 0 heteroatoms. The third kappa shape index (κ3) is 1.55. The van der Waals surface area contributed by atoms with E-state index in [-0.39, 0.29) is 0 Å². The lowest BCUT2D eigenvalue weighted by Gasteiger charge is -2.42. The van der Waals surface area contributed by atoms with Crippen LogP contribution in [0.15, 0.2) is 23.8 Å². The minimum Gasteiger partial charge on any atom is -0.0839 e. The van der Waals surface area contributed by atoms with Crippen molar-refractivity contribution in [2.24, 2.45) is 23.7 Å². The highest BCUT2D eigenvalue weighted by atomic mass is 14.4. The van der Waals surface area contributed by atoms with Crippen LogP contribution in [0, 0.1) is 23.7 Å². The topological polar surface area (TPSA) is 0 Å². The van der Waals surface area contributed by atoms with Gasteiger partial charge in [0.1, 0.15) is 0 Å². The Labute approximate surface area is 88.1 Å². The second-order valence-corrected chi connectivity index (χ2v) is 5.10. The molecule has 0 radical (unpaired) electrons. The minimum atomic E-state index is 0.859. The van der Waals surface area contributed by atoms with Crippen molar-refractivity contribution in [2.75, 3.05) is 0 Å². The highest BCUT2D eigenvalue weighted by Gasteiger charge is 2.35. The molecule has 0 amide bonds. The average Bonchev–Trinajstić information content (AvgIpc) is 2.23. The van der Waals surface area contributed by atoms with Gasteiger partial charge in [0.05, 0.1) is 0 Å². The molecule has 0 bridgehead atoms. The van der Waals surface area contributed by atoms with Gasteiger partial charge >= 0.3 is 0 Å². The van der Waals surface area contributed by atoms with E-state index in [2.05, 4.69) is 39.0 Å². The lowest BCUT2D eigenvalue weighted by Crippen LogP contribution is -2.33. The van der Waals surface area contributed by atoms with Gasteiger partial charge < -0.3 is 0 Å². The summed E-state index contributed by atoms with van der Waals surface area (Å²) in [6.45, 7) is 7.24. The molecule has 0 aromatic carbocycles. The summed E-state index contributed by atoms with van der Waals surface area (Å²) in [6, 6.07) is 0. The van der Waals surface area contributed by atoms with E-state index in [1.165, 1.54) is 19.3 Å². The van der Waals surface area contributed by atoms with E-state index >= 15 is 0 Å². The molecule has 2 rings (SSSR count). The van der Waals surface area contributed by atoms with Gasteiger partial charge in [0.25, 0.3) is 0 Å². The second-order valence-electron chi connectivity index (χ2n) is 5.10. The summed E-state index contributed by atoms with van der Waals surface area (Å²) >= 11 is 0. The maximum absolute atomic E-state index is 2.45. The van der Waals surface area contributed by atoms with Crippen molar-refractivity contribution in [3.63, 3.8) is 0 Å². The van der Waals surface area contributed by atoms with E-state index in [1.54, 1.807) is 5.57 Å². The first-order valence-electron chi connectivity index (χ1n) is 6.09. The van der Waals surface area contributed by atoms with Crippen LogP contribution in [0.5, 0.6) is 0 Å². The Balaban J connectivity index is 2.20. The smallest absolute Gasteiger partial charge is 0.0137 e. The first-order chi connectivity index (χ1) is 6.74. The van der Waals surface area contributed by atoms with Gasteiger partial charge in [-0.1, -0.05) is 51.0 Å². The second kappa shape index (κ2) is 3.92. The Kier molecular flexibility index (Phi) is 2.80. The van der Waals surface area contributed by atoms with Crippen LogP contribution in [-0.4, -0.2) is 0 Å². The summed E-state index contributed by atoms with van der Waals surface area (Å²) in [6.07, 6.45) is 11.0. The summed E-state index contributed by atoms with van der Waals surface area (Å²) < 4.78 is 0. The fourth-order valence-corrected chi connectivity index (χ4v) is 3.26. The van der Waals surface area contributed by atoms with Crippen molar-refractivity contribution in [1.29, 1.82) is 0 Å². The highest BCUT2D eigenvalue weighted by Crippen LogP contribution is 2.45. The van der Waals surface area contributed by atoms with Crippen LogP contribution in [-0.2, 0) is 0 Å². The van der Waals surface area contributed by atoms with E-state index in [0.29, 0.717) is 0 Å². The molecule has 4 unspecified atom stereocenters. The zero-order chi connectivity index (χ0) is 10.1. The molecule has 4 atom stereocenters. The first kappa shape index (κ1) is 10.0. The lowest BCUT2D eigenvalue weighted by molar-refractivity contribution is 0.159. The van der Waals surface area contributed by atoms with Crippen molar-refractivity contribution in [2.45, 2.75) is 40.0 Å². The molecular formula is C14H22. The van der Waals surface area contributed by atoms with Gasteiger partial charge in [-0.05, 0) is 36.5 Å². The fourth-order valence-electron chi connectivity index (χ4n) is 3.26. The quantitative estimate of drug-likeness (QED) is 0.581. The number of allylic oxidation sites excluding steroid dienone is 4. The third-order valence-electron chi connectivity index (χ3n) is 4.54. The summed E-state index contributed by atoms with van der Waals surface area (Å²) in [5.74, 6) is 3.58. The molecule has 1 saturated carbocycles. The molecule has 0 heterocycles. The van der Waals surface area contributed by atoms with Gasteiger partial charge in [0.15, 0.2) is 0 Å². The largest absolute Gasteiger partial charge is 0.0839 e. The fraction of sp³-hybridized carbons (Fsp3) is 0.714. The Morgan fingerprint density at radius 2 is 2.07 bits per heavy atom. The summed E-state index contributed by atoms with van der Waals surface area (Å²) in [5.41, 5.74) is 1.73. The van der Waals surface area contributed by atoms with Crippen molar-refractivity contribution in [3.8, 4) is 0 Å². The van der Waals surface area contributed by atoms with Gasteiger partial charge in [-0.25, -0.2) is 0 Å². The van der Waals surface area contributed by atoms with Crippen LogP contribution < -0.4 is 0 Å². The van der Waals surface area contributed by atoms with E-state index in [4.69, 9.17) is 0 Å². The lowest BCUT2D eigenvalue weighted by atomic mass is 9.63. The van der Waals surface area contributed by atoms with Crippen LogP contribution in [0.1, 0.15) is 40.0 Å². The van der Waals surface area contributed by atoms with Crippen molar-refractivity contribution >= 4 is 0 Å². The molecule has 2 aliphatic carbocycles. The molecular weight excluding hydrogens is 168 g/mol. The number of hydrogen-bond acceptors (Lipinski definition) is 0. The zero-order valence-corrected chi connectivity index (χ0v) is 9.66. The number of fused-ring (bicyclic) bond motifs is 1. The molecule has 0 aromatic heterocycles. The van der Waals surface area contributed by atoms with Gasteiger partial charge in [-0.3, -0.25) is 0 Å². The maximum Gasteiger partial charge on any atom is -0.0137 e. The van der Waals surface area contributed by atoms with Crippen LogP contribution in [0.25, 0.3) is 0 Å². The van der Waals surface area contributed by atoms with E-state index in [0.717, 1.165) is 23.7 Å². The molecule has 0 aliphatic heterocycles. The van der Waals surface area contributed by atoms with Gasteiger partial charge in [-0.2, -0.15) is 0 Å². The van der Waals surface area contributed by atoms with Crippen molar-refractivity contribution in [3.05, 3.63) is 23.8 Å². The third-order valence-corrected chi connectivity index (χ3v) is 4.54. The molecule has 78 valence electrons. The van der Waals surface area contributed by atoms with Gasteiger partial charge in [0, 0.05) is 0 Å². The molecule has 0 spiro atoms. The maximum atomic E-state index is 2.45. The van der Waals surface area contributed by atoms with Gasteiger partial charge in [0.2, 0.25) is 0 Å². The Morgan fingerprint density at radius 3 is 2.79 bits per heavy atom. The Bertz CT molecular complexity index is 259. The predicted molar refractivity (Wildman–Crippen MR) is 62.1 cm³/mol. The van der Waals surface area contributed by atoms with E-state index < -0.39 is 0 Å². The zero-order valence-electron chi connectivity index (χ0n) is 9.66. The standard InChI is InChI=1S/C14H22/c1-4-12-9-13-7-5-6-8-14(13)11(3)10(12)2/h5-7,10-12,14H,4,8-9H2,1-3H3. The molecule has 1 fully saturated rings. The first-order valence-corrected chi connectivity index (χ1v) is 6.09. The molecule has 0 aromatic rings. The summed E-state index contributed by atoms with van der Waals surface area (Å²) in [4.78, 5) is 0. The van der Waals surface area contributed by atoms with Crippen LogP contribution >= 0.6 is 0 Å². The van der Waals surface area contributed by atoms with Crippen LogP contribution in [0.2, 0.25) is 0 Å². The van der Waals surface area contributed by atoms with Crippen molar-refractivity contribution in [1.82, 2.24) is 0 Å². The average molecular weight is 190 g/mol. The minimum absolute atomic E-state index is 0.859. The van der Waals surface area contributed by atoms with E-state index in [9.17, 15) is 0 Å².